The van der Waals surface area contributed by atoms with E-state index in [-0.39, 0.29) is 34.5 Å². The summed E-state index contributed by atoms with van der Waals surface area (Å²) >= 11 is 11.6. The third-order valence-corrected chi connectivity index (χ3v) is 5.99. The molecule has 0 spiro atoms. The molecule has 21 heavy (non-hydrogen) atoms. The van der Waals surface area contributed by atoms with Crippen LogP contribution in [-0.2, 0) is 14.8 Å². The van der Waals surface area contributed by atoms with Crippen LogP contribution in [0.1, 0.15) is 6.42 Å². The summed E-state index contributed by atoms with van der Waals surface area (Å²) < 4.78 is 25.9. The van der Waals surface area contributed by atoms with E-state index in [2.05, 4.69) is 0 Å². The summed E-state index contributed by atoms with van der Waals surface area (Å²) in [5.74, 6) is -2.08. The topological polar surface area (TPSA) is 94.9 Å². The number of rotatable bonds is 3. The number of hydrogen-bond donors (Lipinski definition) is 2. The summed E-state index contributed by atoms with van der Waals surface area (Å²) in [5.41, 5.74) is 0. The average Bonchev–Trinajstić information content (AvgIpc) is 2.41. The normalized spacial score (nSPS) is 24.0. The standard InChI is InChI=1S/C12H13Cl2NO5S/c13-9-2-1-7(5-10(9)14)21(19,20)15-4-3-8(12(17)18)11(16)6-15/h1-2,5,8,11,16H,3-4,6H2,(H,17,18)/t8-,11+/m0/s1. The molecule has 0 amide bonds. The molecule has 1 saturated heterocycles. The van der Waals surface area contributed by atoms with Gasteiger partial charge in [-0.2, -0.15) is 4.31 Å². The van der Waals surface area contributed by atoms with Crippen molar-refractivity contribution in [3.63, 3.8) is 0 Å². The van der Waals surface area contributed by atoms with Crippen LogP contribution < -0.4 is 0 Å². The molecule has 1 aliphatic rings. The summed E-state index contributed by atoms with van der Waals surface area (Å²) in [6, 6.07) is 3.92. The van der Waals surface area contributed by atoms with Gasteiger partial charge in [0.1, 0.15) is 0 Å². The van der Waals surface area contributed by atoms with Crippen LogP contribution in [0.3, 0.4) is 0 Å². The zero-order valence-corrected chi connectivity index (χ0v) is 13.1. The van der Waals surface area contributed by atoms with Crippen molar-refractivity contribution in [3.05, 3.63) is 28.2 Å². The third-order valence-electron chi connectivity index (χ3n) is 3.39. The van der Waals surface area contributed by atoms with Crippen molar-refractivity contribution >= 4 is 39.2 Å². The van der Waals surface area contributed by atoms with Gasteiger partial charge in [-0.25, -0.2) is 8.42 Å². The number of carboxylic acid groups (broad SMARTS) is 1. The molecule has 1 aromatic carbocycles. The van der Waals surface area contributed by atoms with Gasteiger partial charge in [-0.15, -0.1) is 0 Å². The zero-order chi connectivity index (χ0) is 15.8. The highest BCUT2D eigenvalue weighted by atomic mass is 35.5. The Morgan fingerprint density at radius 2 is 1.95 bits per heavy atom. The minimum absolute atomic E-state index is 0.0244. The number of halogens is 2. The molecule has 0 saturated carbocycles. The number of carboxylic acids is 1. The molecule has 0 bridgehead atoms. The zero-order valence-electron chi connectivity index (χ0n) is 10.7. The predicted molar refractivity (Wildman–Crippen MR) is 77.0 cm³/mol. The molecule has 0 unspecified atom stereocenters. The molecular formula is C12H13Cl2NO5S. The molecule has 1 aliphatic heterocycles. The predicted octanol–water partition coefficient (Wildman–Crippen LogP) is 1.45. The van der Waals surface area contributed by atoms with E-state index in [0.29, 0.717) is 0 Å². The van der Waals surface area contributed by atoms with Crippen molar-refractivity contribution in [3.8, 4) is 0 Å². The monoisotopic (exact) mass is 353 g/mol. The lowest BCUT2D eigenvalue weighted by Gasteiger charge is -2.33. The summed E-state index contributed by atoms with van der Waals surface area (Å²) in [7, 11) is -3.85. The first-order chi connectivity index (χ1) is 9.73. The van der Waals surface area contributed by atoms with Gasteiger partial charge in [0.05, 0.1) is 27.0 Å². The van der Waals surface area contributed by atoms with Gasteiger partial charge < -0.3 is 10.2 Å². The highest BCUT2D eigenvalue weighted by Crippen LogP contribution is 2.29. The Hall–Kier alpha value is -0.860. The number of sulfonamides is 1. The first-order valence-electron chi connectivity index (χ1n) is 6.09. The Labute approximate surface area is 131 Å². The fourth-order valence-corrected chi connectivity index (χ4v) is 4.06. The summed E-state index contributed by atoms with van der Waals surface area (Å²) in [5, 5.41) is 19.1. The molecule has 0 aliphatic carbocycles. The minimum atomic E-state index is -3.85. The van der Waals surface area contributed by atoms with Crippen LogP contribution in [0.25, 0.3) is 0 Å². The fraction of sp³-hybridized carbons (Fsp3) is 0.417. The SMILES string of the molecule is O=C(O)[C@H]1CCN(S(=O)(=O)c2ccc(Cl)c(Cl)c2)C[C@H]1O. The van der Waals surface area contributed by atoms with E-state index in [1.807, 2.05) is 0 Å². The van der Waals surface area contributed by atoms with Gasteiger partial charge in [0, 0.05) is 13.1 Å². The quantitative estimate of drug-likeness (QED) is 0.857. The minimum Gasteiger partial charge on any atom is -0.481 e. The van der Waals surface area contributed by atoms with E-state index < -0.39 is 28.0 Å². The van der Waals surface area contributed by atoms with Gasteiger partial charge in [0.15, 0.2) is 0 Å². The van der Waals surface area contributed by atoms with E-state index in [4.69, 9.17) is 28.3 Å². The van der Waals surface area contributed by atoms with Crippen molar-refractivity contribution < 1.29 is 23.4 Å². The lowest BCUT2D eigenvalue weighted by atomic mass is 9.95. The maximum Gasteiger partial charge on any atom is 0.309 e. The number of nitrogens with zero attached hydrogens (tertiary/aromatic N) is 1. The van der Waals surface area contributed by atoms with Gasteiger partial charge in [0.25, 0.3) is 0 Å². The Balaban J connectivity index is 2.25. The lowest BCUT2D eigenvalue weighted by molar-refractivity contribution is -0.147. The smallest absolute Gasteiger partial charge is 0.309 e. The molecular weight excluding hydrogens is 341 g/mol. The first kappa shape index (κ1) is 16.5. The molecule has 1 heterocycles. The largest absolute Gasteiger partial charge is 0.481 e. The average molecular weight is 354 g/mol. The molecule has 2 rings (SSSR count). The second-order valence-corrected chi connectivity index (χ2v) is 7.49. The highest BCUT2D eigenvalue weighted by Gasteiger charge is 2.38. The van der Waals surface area contributed by atoms with Crippen LogP contribution in [0.4, 0.5) is 0 Å². The molecule has 116 valence electrons. The van der Waals surface area contributed by atoms with E-state index in [1.54, 1.807) is 0 Å². The van der Waals surface area contributed by atoms with Crippen LogP contribution in [0.2, 0.25) is 10.0 Å². The van der Waals surface area contributed by atoms with E-state index in [0.717, 1.165) is 4.31 Å². The van der Waals surface area contributed by atoms with E-state index >= 15 is 0 Å². The third kappa shape index (κ3) is 3.32. The second-order valence-electron chi connectivity index (χ2n) is 4.74. The summed E-state index contributed by atoms with van der Waals surface area (Å²) in [6.07, 6.45) is -1.19. The summed E-state index contributed by atoms with van der Waals surface area (Å²) in [6.45, 7) is -0.240. The highest BCUT2D eigenvalue weighted by molar-refractivity contribution is 7.89. The van der Waals surface area contributed by atoms with E-state index in [9.17, 15) is 18.3 Å². The van der Waals surface area contributed by atoms with Crippen molar-refractivity contribution in [2.45, 2.75) is 17.4 Å². The molecule has 1 aromatic rings. The van der Waals surface area contributed by atoms with Crippen LogP contribution in [-0.4, -0.2) is 48.1 Å². The summed E-state index contributed by atoms with van der Waals surface area (Å²) in [4.78, 5) is 10.9. The van der Waals surface area contributed by atoms with Gasteiger partial charge >= 0.3 is 5.97 Å². The Morgan fingerprint density at radius 1 is 1.29 bits per heavy atom. The molecule has 2 atom stereocenters. The number of carbonyl (C=O) groups is 1. The second kappa shape index (κ2) is 6.10. The molecule has 1 fully saturated rings. The van der Waals surface area contributed by atoms with E-state index in [1.165, 1.54) is 18.2 Å². The number of hydrogen-bond acceptors (Lipinski definition) is 4. The van der Waals surface area contributed by atoms with Crippen molar-refractivity contribution in [1.29, 1.82) is 0 Å². The van der Waals surface area contributed by atoms with Gasteiger partial charge in [-0.1, -0.05) is 23.2 Å². The number of aliphatic hydroxyl groups is 1. The Bertz CT molecular complexity index is 664. The van der Waals surface area contributed by atoms with Crippen molar-refractivity contribution in [1.82, 2.24) is 4.31 Å². The van der Waals surface area contributed by atoms with Crippen molar-refractivity contribution in [2.24, 2.45) is 5.92 Å². The first-order valence-corrected chi connectivity index (χ1v) is 8.29. The lowest BCUT2D eigenvalue weighted by Crippen LogP contribution is -2.48. The maximum atomic E-state index is 12.4. The molecule has 9 heteroatoms. The Kier molecular flexibility index (Phi) is 4.79. The number of aliphatic carboxylic acids is 1. The van der Waals surface area contributed by atoms with Crippen molar-refractivity contribution in [2.75, 3.05) is 13.1 Å². The maximum absolute atomic E-state index is 12.4. The van der Waals surface area contributed by atoms with Gasteiger partial charge in [0.2, 0.25) is 10.0 Å². The number of piperidine rings is 1. The molecule has 0 radical (unpaired) electrons. The molecule has 6 nitrogen and oxygen atoms in total. The van der Waals surface area contributed by atoms with Crippen LogP contribution >= 0.6 is 23.2 Å². The van der Waals surface area contributed by atoms with Gasteiger partial charge in [-0.05, 0) is 24.6 Å². The number of aliphatic hydroxyl groups excluding tert-OH is 1. The molecule has 2 N–H and O–H groups in total. The van der Waals surface area contributed by atoms with Crippen LogP contribution in [0.15, 0.2) is 23.1 Å². The Morgan fingerprint density at radius 3 is 2.48 bits per heavy atom. The van der Waals surface area contributed by atoms with Crippen LogP contribution in [0.5, 0.6) is 0 Å². The van der Waals surface area contributed by atoms with Crippen LogP contribution in [0, 0.1) is 5.92 Å². The van der Waals surface area contributed by atoms with Gasteiger partial charge in [-0.3, -0.25) is 4.79 Å². The fourth-order valence-electron chi connectivity index (χ4n) is 2.20. The number of β-amino-alcohol motifs (C(OH)–C–C–N with tert-alkyl or cyclic N) is 1. The molecule has 0 aromatic heterocycles. The number of benzene rings is 1.